The second-order valence-corrected chi connectivity index (χ2v) is 6.98. The van der Waals surface area contributed by atoms with Crippen molar-refractivity contribution in [2.75, 3.05) is 60.0 Å². The highest BCUT2D eigenvalue weighted by molar-refractivity contribution is 5.92. The van der Waals surface area contributed by atoms with Gasteiger partial charge < -0.3 is 14.5 Å². The first kappa shape index (κ1) is 17.9. The van der Waals surface area contributed by atoms with Gasteiger partial charge in [-0.3, -0.25) is 19.6 Å². The van der Waals surface area contributed by atoms with Gasteiger partial charge in [0.1, 0.15) is 5.69 Å². The molecule has 0 radical (unpaired) electrons. The molecule has 0 spiro atoms. The number of ether oxygens (including phenoxy) is 1. The van der Waals surface area contributed by atoms with Gasteiger partial charge in [0.2, 0.25) is 5.91 Å². The van der Waals surface area contributed by atoms with Crippen LogP contribution in [-0.4, -0.2) is 96.7 Å². The average Bonchev–Trinajstić information content (AvgIpc) is 3.12. The van der Waals surface area contributed by atoms with Crippen LogP contribution in [0.5, 0.6) is 0 Å². The normalized spacial score (nSPS) is 22.0. The summed E-state index contributed by atoms with van der Waals surface area (Å²) in [6, 6.07) is 1.87. The van der Waals surface area contributed by atoms with E-state index in [9.17, 15) is 9.59 Å². The molecule has 0 bridgehead atoms. The monoisotopic (exact) mass is 349 g/mol. The van der Waals surface area contributed by atoms with Crippen LogP contribution in [0.3, 0.4) is 0 Å². The summed E-state index contributed by atoms with van der Waals surface area (Å²) in [7, 11) is 3.56. The summed E-state index contributed by atoms with van der Waals surface area (Å²) in [4.78, 5) is 30.0. The Labute approximate surface area is 148 Å². The first-order valence-electron chi connectivity index (χ1n) is 8.89. The van der Waals surface area contributed by atoms with E-state index < -0.39 is 0 Å². The molecule has 3 rings (SSSR count). The van der Waals surface area contributed by atoms with Crippen molar-refractivity contribution in [3.8, 4) is 0 Å². The second-order valence-electron chi connectivity index (χ2n) is 6.98. The third-order valence-electron chi connectivity index (χ3n) is 4.92. The van der Waals surface area contributed by atoms with Crippen LogP contribution in [0.15, 0.2) is 6.07 Å². The summed E-state index contributed by atoms with van der Waals surface area (Å²) in [5.41, 5.74) is 1.46. The van der Waals surface area contributed by atoms with Gasteiger partial charge >= 0.3 is 0 Å². The second kappa shape index (κ2) is 7.97. The Bertz CT molecular complexity index is 609. The van der Waals surface area contributed by atoms with E-state index in [2.05, 4.69) is 15.1 Å². The number of carbonyl (C=O) groups excluding carboxylic acids is 2. The molecule has 2 saturated heterocycles. The van der Waals surface area contributed by atoms with E-state index in [-0.39, 0.29) is 17.7 Å². The number of piperidine rings is 1. The van der Waals surface area contributed by atoms with Gasteiger partial charge in [0.05, 0.1) is 19.8 Å². The van der Waals surface area contributed by atoms with Crippen molar-refractivity contribution in [1.82, 2.24) is 24.9 Å². The maximum Gasteiger partial charge on any atom is 0.274 e. The number of H-pyrrole nitrogens is 1. The number of nitrogens with one attached hydrogen (secondary N) is 1. The molecule has 0 saturated carbocycles. The van der Waals surface area contributed by atoms with Crippen molar-refractivity contribution in [2.45, 2.75) is 18.8 Å². The SMILES string of the molecule is CN(C)C(=O)CN1CCCC(c2cc(C(=O)N3CCOCC3)n[nH]2)C1. The molecule has 8 heteroatoms. The van der Waals surface area contributed by atoms with Crippen molar-refractivity contribution >= 4 is 11.8 Å². The zero-order valence-corrected chi connectivity index (χ0v) is 15.0. The number of aromatic nitrogens is 2. The minimum Gasteiger partial charge on any atom is -0.378 e. The summed E-state index contributed by atoms with van der Waals surface area (Å²) in [6.07, 6.45) is 2.08. The van der Waals surface area contributed by atoms with Crippen LogP contribution >= 0.6 is 0 Å². The summed E-state index contributed by atoms with van der Waals surface area (Å²) in [5.74, 6) is 0.358. The van der Waals surface area contributed by atoms with Gasteiger partial charge in [0.15, 0.2) is 0 Å². The minimum absolute atomic E-state index is 0.0405. The van der Waals surface area contributed by atoms with E-state index in [0.717, 1.165) is 31.6 Å². The fourth-order valence-corrected chi connectivity index (χ4v) is 3.37. The predicted molar refractivity (Wildman–Crippen MR) is 92.4 cm³/mol. The average molecular weight is 349 g/mol. The number of amides is 2. The maximum absolute atomic E-state index is 12.5. The van der Waals surface area contributed by atoms with Gasteiger partial charge in [-0.15, -0.1) is 0 Å². The van der Waals surface area contributed by atoms with Crippen LogP contribution in [0, 0.1) is 0 Å². The molecule has 2 amide bonds. The Morgan fingerprint density at radius 1 is 1.32 bits per heavy atom. The highest BCUT2D eigenvalue weighted by Crippen LogP contribution is 2.26. The molecule has 0 aliphatic carbocycles. The van der Waals surface area contributed by atoms with Crippen molar-refractivity contribution in [3.05, 3.63) is 17.5 Å². The molecule has 1 aromatic rings. The molecule has 1 atom stereocenters. The van der Waals surface area contributed by atoms with Crippen LogP contribution in [0.4, 0.5) is 0 Å². The quantitative estimate of drug-likeness (QED) is 0.837. The van der Waals surface area contributed by atoms with Gasteiger partial charge in [-0.1, -0.05) is 0 Å². The lowest BCUT2D eigenvalue weighted by Gasteiger charge is -2.32. The summed E-state index contributed by atoms with van der Waals surface area (Å²) in [5, 5.41) is 7.27. The molecule has 138 valence electrons. The Morgan fingerprint density at radius 3 is 2.80 bits per heavy atom. The van der Waals surface area contributed by atoms with Crippen molar-refractivity contribution < 1.29 is 14.3 Å². The van der Waals surface area contributed by atoms with Gasteiger partial charge in [-0.25, -0.2) is 0 Å². The molecule has 1 unspecified atom stereocenters. The van der Waals surface area contributed by atoms with Gasteiger partial charge in [-0.05, 0) is 25.5 Å². The summed E-state index contributed by atoms with van der Waals surface area (Å²) >= 11 is 0. The molecule has 2 aliphatic heterocycles. The van der Waals surface area contributed by atoms with E-state index in [0.29, 0.717) is 38.5 Å². The maximum atomic E-state index is 12.5. The largest absolute Gasteiger partial charge is 0.378 e. The highest BCUT2D eigenvalue weighted by Gasteiger charge is 2.27. The number of likely N-dealkylation sites (N-methyl/N-ethyl adjacent to an activating group) is 1. The Kier molecular flexibility index (Phi) is 5.70. The van der Waals surface area contributed by atoms with E-state index in [4.69, 9.17) is 4.74 Å². The van der Waals surface area contributed by atoms with E-state index in [1.807, 2.05) is 6.07 Å². The van der Waals surface area contributed by atoms with Crippen LogP contribution < -0.4 is 0 Å². The summed E-state index contributed by atoms with van der Waals surface area (Å²) in [6.45, 7) is 4.59. The van der Waals surface area contributed by atoms with Gasteiger partial charge in [0.25, 0.3) is 5.91 Å². The number of likely N-dealkylation sites (tertiary alicyclic amines) is 1. The molecule has 2 aliphatic rings. The molecule has 2 fully saturated rings. The lowest BCUT2D eigenvalue weighted by atomic mass is 9.94. The molecule has 1 N–H and O–H groups in total. The number of carbonyl (C=O) groups is 2. The molecular formula is C17H27N5O3. The predicted octanol–water partition coefficient (Wildman–Crippen LogP) is 0.150. The van der Waals surface area contributed by atoms with Gasteiger partial charge in [0, 0.05) is 45.3 Å². The number of nitrogens with zero attached hydrogens (tertiary/aromatic N) is 4. The molecule has 25 heavy (non-hydrogen) atoms. The number of aromatic amines is 1. The molecular weight excluding hydrogens is 322 g/mol. The van der Waals surface area contributed by atoms with Crippen LogP contribution in [0.2, 0.25) is 0 Å². The minimum atomic E-state index is -0.0405. The first-order valence-corrected chi connectivity index (χ1v) is 8.89. The highest BCUT2D eigenvalue weighted by atomic mass is 16.5. The lowest BCUT2D eigenvalue weighted by molar-refractivity contribution is -0.130. The topological polar surface area (TPSA) is 81.8 Å². The number of hydrogen-bond donors (Lipinski definition) is 1. The van der Waals surface area contributed by atoms with Crippen molar-refractivity contribution in [2.24, 2.45) is 0 Å². The zero-order valence-electron chi connectivity index (χ0n) is 15.0. The molecule has 1 aromatic heterocycles. The molecule has 3 heterocycles. The fourth-order valence-electron chi connectivity index (χ4n) is 3.37. The Morgan fingerprint density at radius 2 is 2.08 bits per heavy atom. The van der Waals surface area contributed by atoms with Crippen LogP contribution in [0.25, 0.3) is 0 Å². The first-order chi connectivity index (χ1) is 12.0. The van der Waals surface area contributed by atoms with E-state index in [1.165, 1.54) is 0 Å². The Balaban J connectivity index is 1.61. The van der Waals surface area contributed by atoms with Crippen molar-refractivity contribution in [1.29, 1.82) is 0 Å². The van der Waals surface area contributed by atoms with Gasteiger partial charge in [-0.2, -0.15) is 5.10 Å². The summed E-state index contributed by atoms with van der Waals surface area (Å²) < 4.78 is 5.29. The zero-order chi connectivity index (χ0) is 17.8. The number of hydrogen-bond acceptors (Lipinski definition) is 5. The third-order valence-corrected chi connectivity index (χ3v) is 4.92. The van der Waals surface area contributed by atoms with E-state index in [1.54, 1.807) is 23.9 Å². The fraction of sp³-hybridized carbons (Fsp3) is 0.706. The Hall–Kier alpha value is -1.93. The standard InChI is InChI=1S/C17H27N5O3/c1-20(2)16(23)12-21-5-3-4-13(11-21)14-10-15(19-18-14)17(24)22-6-8-25-9-7-22/h10,13H,3-9,11-12H2,1-2H3,(H,18,19). The van der Waals surface area contributed by atoms with Crippen LogP contribution in [-0.2, 0) is 9.53 Å². The van der Waals surface area contributed by atoms with Crippen LogP contribution in [0.1, 0.15) is 34.9 Å². The molecule has 0 aromatic carbocycles. The van der Waals surface area contributed by atoms with E-state index >= 15 is 0 Å². The lowest BCUT2D eigenvalue weighted by Crippen LogP contribution is -2.41. The number of morpholine rings is 1. The number of rotatable bonds is 4. The smallest absolute Gasteiger partial charge is 0.274 e. The van der Waals surface area contributed by atoms with Crippen molar-refractivity contribution in [3.63, 3.8) is 0 Å². The third kappa shape index (κ3) is 4.38. The molecule has 8 nitrogen and oxygen atoms in total.